The van der Waals surface area contributed by atoms with Crippen LogP contribution in [0, 0.1) is 0 Å². The summed E-state index contributed by atoms with van der Waals surface area (Å²) in [6.07, 6.45) is -0.591. The molecule has 0 aliphatic carbocycles. The molecule has 1 aliphatic rings. The Morgan fingerprint density at radius 3 is 2.92 bits per heavy atom. The third kappa shape index (κ3) is 4.32. The normalized spacial score (nSPS) is 15.6. The zero-order valence-electron chi connectivity index (χ0n) is 14.9. The first-order valence-electron chi connectivity index (χ1n) is 8.51. The molecular formula is C18H23N3O4S. The molecule has 2 aromatic rings. The number of hydrogen-bond acceptors (Lipinski definition) is 7. The Bertz CT molecular complexity index is 757. The number of thiazole rings is 1. The maximum Gasteiger partial charge on any atom is 0.251 e. The lowest BCUT2D eigenvalue weighted by molar-refractivity contribution is 0.0924. The van der Waals surface area contributed by atoms with E-state index in [0.29, 0.717) is 24.5 Å². The quantitative estimate of drug-likeness (QED) is 0.798. The highest BCUT2D eigenvalue weighted by atomic mass is 32.1. The summed E-state index contributed by atoms with van der Waals surface area (Å²) in [6, 6.07) is 5.24. The SMILES string of the molecule is COc1ccc(C(=O)NCC(C)O)cc1-c1csc(N2CCOCC2)n1. The van der Waals surface area contributed by atoms with E-state index in [1.807, 2.05) is 5.38 Å². The van der Waals surface area contributed by atoms with Gasteiger partial charge in [0.25, 0.3) is 5.91 Å². The van der Waals surface area contributed by atoms with E-state index in [2.05, 4.69) is 10.2 Å². The monoisotopic (exact) mass is 377 g/mol. The Morgan fingerprint density at radius 1 is 1.46 bits per heavy atom. The fourth-order valence-electron chi connectivity index (χ4n) is 2.68. The van der Waals surface area contributed by atoms with Gasteiger partial charge < -0.3 is 24.8 Å². The van der Waals surface area contributed by atoms with Crippen molar-refractivity contribution in [1.82, 2.24) is 10.3 Å². The van der Waals surface area contributed by atoms with Gasteiger partial charge in [-0.25, -0.2) is 4.98 Å². The van der Waals surface area contributed by atoms with Crippen LogP contribution >= 0.6 is 11.3 Å². The average Bonchev–Trinajstić information content (AvgIpc) is 3.16. The number of aliphatic hydroxyl groups is 1. The molecule has 1 saturated heterocycles. The standard InChI is InChI=1S/C18H23N3O4S/c1-12(22)10-19-17(23)13-3-4-16(24-2)14(9-13)15-11-26-18(20-15)21-5-7-25-8-6-21/h3-4,9,11-12,22H,5-8,10H2,1-2H3,(H,19,23). The van der Waals surface area contributed by atoms with Crippen LogP contribution in [0.4, 0.5) is 5.13 Å². The van der Waals surface area contributed by atoms with Crippen molar-refractivity contribution in [2.75, 3.05) is 44.9 Å². The van der Waals surface area contributed by atoms with E-state index in [1.165, 1.54) is 0 Å². The van der Waals surface area contributed by atoms with Crippen LogP contribution in [0.25, 0.3) is 11.3 Å². The van der Waals surface area contributed by atoms with Crippen LogP contribution in [0.15, 0.2) is 23.6 Å². The van der Waals surface area contributed by atoms with Gasteiger partial charge in [-0.1, -0.05) is 0 Å². The molecule has 26 heavy (non-hydrogen) atoms. The summed E-state index contributed by atoms with van der Waals surface area (Å²) < 4.78 is 10.8. The van der Waals surface area contributed by atoms with Crippen molar-refractivity contribution in [3.05, 3.63) is 29.1 Å². The second-order valence-electron chi connectivity index (χ2n) is 6.09. The number of nitrogens with zero attached hydrogens (tertiary/aromatic N) is 2. The van der Waals surface area contributed by atoms with Crippen LogP contribution in [-0.4, -0.2) is 62.1 Å². The van der Waals surface area contributed by atoms with Gasteiger partial charge in [0, 0.05) is 36.1 Å². The van der Waals surface area contributed by atoms with Crippen LogP contribution in [0.1, 0.15) is 17.3 Å². The Morgan fingerprint density at radius 2 is 2.23 bits per heavy atom. The smallest absolute Gasteiger partial charge is 0.251 e. The van der Waals surface area contributed by atoms with Gasteiger partial charge in [-0.2, -0.15) is 0 Å². The summed E-state index contributed by atoms with van der Waals surface area (Å²) in [5.74, 6) is 0.425. The van der Waals surface area contributed by atoms with Crippen LogP contribution < -0.4 is 15.0 Å². The van der Waals surface area contributed by atoms with E-state index in [1.54, 1.807) is 43.6 Å². The molecular weight excluding hydrogens is 354 g/mol. The lowest BCUT2D eigenvalue weighted by atomic mass is 10.1. The third-order valence-electron chi connectivity index (χ3n) is 4.07. The van der Waals surface area contributed by atoms with Crippen molar-refractivity contribution in [2.24, 2.45) is 0 Å². The molecule has 0 radical (unpaired) electrons. The maximum absolute atomic E-state index is 12.3. The Kier molecular flexibility index (Phi) is 6.08. The highest BCUT2D eigenvalue weighted by molar-refractivity contribution is 7.14. The summed E-state index contributed by atoms with van der Waals surface area (Å²) in [5, 5.41) is 14.9. The molecule has 8 heteroatoms. The molecule has 1 amide bonds. The second-order valence-corrected chi connectivity index (χ2v) is 6.93. The molecule has 0 bridgehead atoms. The number of ether oxygens (including phenoxy) is 2. The number of carbonyl (C=O) groups excluding carboxylic acids is 1. The molecule has 1 aromatic carbocycles. The van der Waals surface area contributed by atoms with Gasteiger partial charge in [0.15, 0.2) is 5.13 Å². The van der Waals surface area contributed by atoms with Crippen molar-refractivity contribution in [3.63, 3.8) is 0 Å². The summed E-state index contributed by atoms with van der Waals surface area (Å²) in [5.41, 5.74) is 2.05. The summed E-state index contributed by atoms with van der Waals surface area (Å²) >= 11 is 1.57. The molecule has 1 unspecified atom stereocenters. The first-order valence-corrected chi connectivity index (χ1v) is 9.39. The Hall–Kier alpha value is -2.16. The number of rotatable bonds is 6. The first kappa shape index (κ1) is 18.6. The first-order chi connectivity index (χ1) is 12.6. The van der Waals surface area contributed by atoms with Crippen LogP contribution in [0.5, 0.6) is 5.75 Å². The van der Waals surface area contributed by atoms with E-state index in [-0.39, 0.29) is 12.5 Å². The molecule has 7 nitrogen and oxygen atoms in total. The van der Waals surface area contributed by atoms with Crippen molar-refractivity contribution in [1.29, 1.82) is 0 Å². The van der Waals surface area contributed by atoms with Gasteiger partial charge in [0.1, 0.15) is 5.75 Å². The molecule has 1 aliphatic heterocycles. The van der Waals surface area contributed by atoms with E-state index in [0.717, 1.165) is 29.5 Å². The number of benzene rings is 1. The predicted octanol–water partition coefficient (Wildman–Crippen LogP) is 1.77. The number of morpholine rings is 1. The van der Waals surface area contributed by atoms with Gasteiger partial charge in [-0.05, 0) is 25.1 Å². The lowest BCUT2D eigenvalue weighted by Gasteiger charge is -2.26. The van der Waals surface area contributed by atoms with Crippen LogP contribution in [-0.2, 0) is 4.74 Å². The number of aromatic nitrogens is 1. The zero-order valence-corrected chi connectivity index (χ0v) is 15.7. The molecule has 0 spiro atoms. The Balaban J connectivity index is 1.84. The minimum Gasteiger partial charge on any atom is -0.496 e. The molecule has 2 heterocycles. The van der Waals surface area contributed by atoms with Gasteiger partial charge in [-0.3, -0.25) is 4.79 Å². The lowest BCUT2D eigenvalue weighted by Crippen LogP contribution is -2.36. The summed E-state index contributed by atoms with van der Waals surface area (Å²) in [6.45, 7) is 4.90. The fraction of sp³-hybridized carbons (Fsp3) is 0.444. The average molecular weight is 377 g/mol. The van der Waals surface area contributed by atoms with Crippen molar-refractivity contribution in [2.45, 2.75) is 13.0 Å². The second kappa shape index (κ2) is 8.48. The van der Waals surface area contributed by atoms with Crippen molar-refractivity contribution in [3.8, 4) is 17.0 Å². The van der Waals surface area contributed by atoms with Crippen LogP contribution in [0.2, 0.25) is 0 Å². The van der Waals surface area contributed by atoms with Crippen molar-refractivity contribution >= 4 is 22.4 Å². The van der Waals surface area contributed by atoms with E-state index in [9.17, 15) is 9.90 Å². The topological polar surface area (TPSA) is 83.9 Å². The van der Waals surface area contributed by atoms with Gasteiger partial charge in [0.2, 0.25) is 0 Å². The maximum atomic E-state index is 12.3. The molecule has 1 atom stereocenters. The van der Waals surface area contributed by atoms with E-state index >= 15 is 0 Å². The zero-order chi connectivity index (χ0) is 18.5. The van der Waals surface area contributed by atoms with E-state index in [4.69, 9.17) is 14.5 Å². The van der Waals surface area contributed by atoms with E-state index < -0.39 is 6.10 Å². The third-order valence-corrected chi connectivity index (χ3v) is 4.97. The van der Waals surface area contributed by atoms with Gasteiger partial charge in [-0.15, -0.1) is 11.3 Å². The van der Waals surface area contributed by atoms with Crippen molar-refractivity contribution < 1.29 is 19.4 Å². The minimum absolute atomic E-state index is 0.206. The number of aliphatic hydroxyl groups excluding tert-OH is 1. The number of anilines is 1. The number of carbonyl (C=O) groups is 1. The molecule has 0 saturated carbocycles. The molecule has 1 fully saturated rings. The summed E-state index contributed by atoms with van der Waals surface area (Å²) in [7, 11) is 1.60. The summed E-state index contributed by atoms with van der Waals surface area (Å²) in [4.78, 5) is 19.2. The van der Waals surface area contributed by atoms with Gasteiger partial charge >= 0.3 is 0 Å². The molecule has 1 aromatic heterocycles. The number of amides is 1. The molecule has 140 valence electrons. The molecule has 2 N–H and O–H groups in total. The number of nitrogens with one attached hydrogen (secondary N) is 1. The fourth-order valence-corrected chi connectivity index (χ4v) is 3.56. The van der Waals surface area contributed by atoms with Crippen LogP contribution in [0.3, 0.4) is 0 Å². The minimum atomic E-state index is -0.591. The largest absolute Gasteiger partial charge is 0.496 e. The number of hydrogen-bond donors (Lipinski definition) is 2. The van der Waals surface area contributed by atoms with Gasteiger partial charge in [0.05, 0.1) is 32.1 Å². The highest BCUT2D eigenvalue weighted by Gasteiger charge is 2.18. The highest BCUT2D eigenvalue weighted by Crippen LogP contribution is 2.34. The molecule has 3 rings (SSSR count). The Labute approximate surface area is 156 Å². The number of methoxy groups -OCH3 is 1. The predicted molar refractivity (Wildman–Crippen MR) is 101 cm³/mol.